The van der Waals surface area contributed by atoms with Gasteiger partial charge in [0, 0.05) is 44.6 Å². The fraction of sp³-hybridized carbons (Fsp3) is 0.789. The fourth-order valence-corrected chi connectivity index (χ4v) is 4.49. The van der Waals surface area contributed by atoms with E-state index < -0.39 is 0 Å². The minimum Gasteiger partial charge on any atom is -0.354 e. The first kappa shape index (κ1) is 21.5. The smallest absolute Gasteiger partial charge is 0.193 e. The maximum atomic E-state index is 4.59. The second-order valence-electron chi connectivity index (χ2n) is 8.02. The van der Waals surface area contributed by atoms with Crippen molar-refractivity contribution in [3.8, 4) is 0 Å². The molecule has 3 rings (SSSR count). The molecule has 1 aliphatic carbocycles. The number of aliphatic imine (C=N–C) groups is 1. The number of halogens is 1. The Kier molecular flexibility index (Phi) is 7.76. The summed E-state index contributed by atoms with van der Waals surface area (Å²) < 4.78 is 2.25. The molecule has 0 spiro atoms. The van der Waals surface area contributed by atoms with Crippen molar-refractivity contribution in [3.63, 3.8) is 0 Å². The molecule has 1 saturated heterocycles. The standard InChI is InChI=1S/C19H34N6.HI/c1-16-7-11-24(13-17(16)25-12-10-21-15-25)18(20-2)22-14-19(23(3)4)8-5-6-9-19;/h10,12,15-17H,5-9,11,13-14H2,1-4H3,(H,20,22);1H. The van der Waals surface area contributed by atoms with Crippen LogP contribution in [-0.4, -0.2) is 71.6 Å². The highest BCUT2D eigenvalue weighted by Crippen LogP contribution is 2.33. The van der Waals surface area contributed by atoms with Crippen LogP contribution < -0.4 is 5.32 Å². The lowest BCUT2D eigenvalue weighted by molar-refractivity contribution is 0.154. The van der Waals surface area contributed by atoms with Gasteiger partial charge in [0.15, 0.2) is 5.96 Å². The van der Waals surface area contributed by atoms with Gasteiger partial charge in [0.2, 0.25) is 0 Å². The third kappa shape index (κ3) is 4.52. The highest BCUT2D eigenvalue weighted by atomic mass is 127. The van der Waals surface area contributed by atoms with Crippen LogP contribution in [0.5, 0.6) is 0 Å². The number of hydrogen-bond acceptors (Lipinski definition) is 3. The van der Waals surface area contributed by atoms with Crippen LogP contribution in [0, 0.1) is 5.92 Å². The van der Waals surface area contributed by atoms with Gasteiger partial charge in [-0.1, -0.05) is 19.8 Å². The van der Waals surface area contributed by atoms with Crippen LogP contribution in [0.2, 0.25) is 0 Å². The summed E-state index contributed by atoms with van der Waals surface area (Å²) in [5, 5.41) is 3.69. The Balaban J connectivity index is 0.00000243. The van der Waals surface area contributed by atoms with Crippen LogP contribution in [0.4, 0.5) is 0 Å². The summed E-state index contributed by atoms with van der Waals surface area (Å²) >= 11 is 0. The number of imidazole rings is 1. The molecule has 2 fully saturated rings. The highest BCUT2D eigenvalue weighted by molar-refractivity contribution is 14.0. The van der Waals surface area contributed by atoms with Crippen molar-refractivity contribution in [1.29, 1.82) is 0 Å². The number of piperidine rings is 1. The van der Waals surface area contributed by atoms with Crippen molar-refractivity contribution in [2.75, 3.05) is 40.8 Å². The molecule has 1 N–H and O–H groups in total. The Morgan fingerprint density at radius 3 is 2.65 bits per heavy atom. The summed E-state index contributed by atoms with van der Waals surface area (Å²) in [5.74, 6) is 1.71. The van der Waals surface area contributed by atoms with Crippen LogP contribution in [0.3, 0.4) is 0 Å². The van der Waals surface area contributed by atoms with E-state index in [0.29, 0.717) is 12.0 Å². The van der Waals surface area contributed by atoms with Gasteiger partial charge in [0.25, 0.3) is 0 Å². The van der Waals surface area contributed by atoms with E-state index in [-0.39, 0.29) is 29.5 Å². The molecule has 1 aliphatic heterocycles. The lowest BCUT2D eigenvalue weighted by Gasteiger charge is -2.41. The normalized spacial score (nSPS) is 26.0. The Hall–Kier alpha value is -0.830. The van der Waals surface area contributed by atoms with Crippen LogP contribution >= 0.6 is 24.0 Å². The van der Waals surface area contributed by atoms with E-state index in [4.69, 9.17) is 0 Å². The van der Waals surface area contributed by atoms with E-state index in [1.54, 1.807) is 0 Å². The monoisotopic (exact) mass is 474 g/mol. The topological polar surface area (TPSA) is 48.7 Å². The van der Waals surface area contributed by atoms with Gasteiger partial charge in [-0.15, -0.1) is 24.0 Å². The number of aromatic nitrogens is 2. The summed E-state index contributed by atoms with van der Waals surface area (Å²) in [6, 6.07) is 0.462. The van der Waals surface area contributed by atoms with Gasteiger partial charge < -0.3 is 19.7 Å². The maximum absolute atomic E-state index is 4.59. The van der Waals surface area contributed by atoms with E-state index in [9.17, 15) is 0 Å². The molecule has 0 aromatic carbocycles. The zero-order chi connectivity index (χ0) is 17.9. The van der Waals surface area contributed by atoms with Crippen molar-refractivity contribution in [2.24, 2.45) is 10.9 Å². The van der Waals surface area contributed by atoms with Crippen molar-refractivity contribution in [1.82, 2.24) is 24.7 Å². The lowest BCUT2D eigenvalue weighted by atomic mass is 9.93. The first-order valence-electron chi connectivity index (χ1n) is 9.66. The molecule has 0 radical (unpaired) electrons. The lowest BCUT2D eigenvalue weighted by Crippen LogP contribution is -2.55. The SMILES string of the molecule is CN=C(NCC1(N(C)C)CCCC1)N1CCC(C)C(n2ccnc2)C1.I. The molecular weight excluding hydrogens is 439 g/mol. The Bertz CT molecular complexity index is 565. The quantitative estimate of drug-likeness (QED) is 0.414. The molecule has 2 aliphatic rings. The van der Waals surface area contributed by atoms with Crippen LogP contribution in [0.1, 0.15) is 45.1 Å². The largest absolute Gasteiger partial charge is 0.354 e. The van der Waals surface area contributed by atoms with E-state index in [1.807, 2.05) is 19.6 Å². The third-order valence-electron chi connectivity index (χ3n) is 6.40. The van der Waals surface area contributed by atoms with Gasteiger partial charge >= 0.3 is 0 Å². The number of likely N-dealkylation sites (tertiary alicyclic amines) is 1. The molecule has 1 aromatic rings. The molecule has 1 aromatic heterocycles. The molecule has 2 heterocycles. The zero-order valence-corrected chi connectivity index (χ0v) is 19.0. The van der Waals surface area contributed by atoms with Gasteiger partial charge in [-0.2, -0.15) is 0 Å². The predicted octanol–water partition coefficient (Wildman–Crippen LogP) is 2.83. The van der Waals surface area contributed by atoms with E-state index in [0.717, 1.165) is 25.6 Å². The van der Waals surface area contributed by atoms with Gasteiger partial charge in [0.05, 0.1) is 12.4 Å². The van der Waals surface area contributed by atoms with Gasteiger partial charge in [-0.25, -0.2) is 4.98 Å². The Labute approximate surface area is 175 Å². The van der Waals surface area contributed by atoms with Crippen LogP contribution in [0.15, 0.2) is 23.7 Å². The molecule has 0 bridgehead atoms. The second kappa shape index (κ2) is 9.39. The number of guanidine groups is 1. The highest BCUT2D eigenvalue weighted by Gasteiger charge is 2.36. The summed E-state index contributed by atoms with van der Waals surface area (Å²) in [5.41, 5.74) is 0.281. The van der Waals surface area contributed by atoms with E-state index >= 15 is 0 Å². The number of hydrogen-bond donors (Lipinski definition) is 1. The maximum Gasteiger partial charge on any atom is 0.193 e. The molecule has 7 heteroatoms. The van der Waals surface area contributed by atoms with Crippen molar-refractivity contribution >= 4 is 29.9 Å². The predicted molar refractivity (Wildman–Crippen MR) is 118 cm³/mol. The number of rotatable bonds is 4. The van der Waals surface area contributed by atoms with Gasteiger partial charge in [-0.05, 0) is 39.3 Å². The third-order valence-corrected chi connectivity index (χ3v) is 6.40. The molecular formula is C19H35IN6. The summed E-state index contributed by atoms with van der Waals surface area (Å²) in [7, 11) is 6.34. The Morgan fingerprint density at radius 1 is 1.35 bits per heavy atom. The van der Waals surface area contributed by atoms with E-state index in [2.05, 4.69) is 56.9 Å². The second-order valence-corrected chi connectivity index (χ2v) is 8.02. The molecule has 2 atom stereocenters. The van der Waals surface area contributed by atoms with Crippen molar-refractivity contribution < 1.29 is 0 Å². The van der Waals surface area contributed by atoms with Gasteiger partial charge in [0.1, 0.15) is 0 Å². The van der Waals surface area contributed by atoms with Crippen LogP contribution in [-0.2, 0) is 0 Å². The summed E-state index contributed by atoms with van der Waals surface area (Å²) in [4.78, 5) is 13.7. The fourth-order valence-electron chi connectivity index (χ4n) is 4.49. The molecule has 2 unspecified atom stereocenters. The summed E-state index contributed by atoms with van der Waals surface area (Å²) in [6.07, 6.45) is 12.3. The molecule has 26 heavy (non-hydrogen) atoms. The first-order valence-corrected chi connectivity index (χ1v) is 9.66. The zero-order valence-electron chi connectivity index (χ0n) is 16.7. The Morgan fingerprint density at radius 2 is 2.08 bits per heavy atom. The van der Waals surface area contributed by atoms with Crippen molar-refractivity contribution in [2.45, 2.75) is 50.6 Å². The average Bonchev–Trinajstić information content (AvgIpc) is 3.28. The minimum atomic E-state index is 0. The molecule has 1 saturated carbocycles. The molecule has 0 amide bonds. The molecule has 148 valence electrons. The molecule has 6 nitrogen and oxygen atoms in total. The average molecular weight is 474 g/mol. The van der Waals surface area contributed by atoms with Crippen molar-refractivity contribution in [3.05, 3.63) is 18.7 Å². The van der Waals surface area contributed by atoms with Gasteiger partial charge in [-0.3, -0.25) is 4.99 Å². The van der Waals surface area contributed by atoms with Crippen LogP contribution in [0.25, 0.3) is 0 Å². The minimum absolute atomic E-state index is 0. The van der Waals surface area contributed by atoms with E-state index in [1.165, 1.54) is 32.1 Å². The number of nitrogens with one attached hydrogen (secondary N) is 1. The number of likely N-dealkylation sites (N-methyl/N-ethyl adjacent to an activating group) is 1. The summed E-state index contributed by atoms with van der Waals surface area (Å²) in [6.45, 7) is 5.39. The number of nitrogens with zero attached hydrogens (tertiary/aromatic N) is 5. The first-order chi connectivity index (χ1) is 12.1.